The molecular formula is C12H11FN4. The van der Waals surface area contributed by atoms with E-state index in [-0.39, 0.29) is 5.82 Å². The van der Waals surface area contributed by atoms with Crippen LogP contribution in [0.1, 0.15) is 12.7 Å². The zero-order valence-corrected chi connectivity index (χ0v) is 9.61. The Morgan fingerprint density at radius 1 is 1.29 bits per heavy atom. The average Bonchev–Trinajstić information content (AvgIpc) is 2.61. The predicted octanol–water partition coefficient (Wildman–Crippen LogP) is 2.45. The predicted molar refractivity (Wildman–Crippen MR) is 63.2 cm³/mol. The third-order valence-corrected chi connectivity index (χ3v) is 2.85. The highest BCUT2D eigenvalue weighted by Crippen LogP contribution is 2.26. The summed E-state index contributed by atoms with van der Waals surface area (Å²) in [5, 5.41) is 8.82. The van der Waals surface area contributed by atoms with Crippen LogP contribution in [0.25, 0.3) is 22.1 Å². The molecule has 0 N–H and O–H groups in total. The van der Waals surface area contributed by atoms with Gasteiger partial charge in [0.25, 0.3) is 0 Å². The van der Waals surface area contributed by atoms with Gasteiger partial charge in [0.2, 0.25) is 0 Å². The van der Waals surface area contributed by atoms with Crippen molar-refractivity contribution in [2.45, 2.75) is 20.4 Å². The van der Waals surface area contributed by atoms with Crippen LogP contribution in [0.3, 0.4) is 0 Å². The lowest BCUT2D eigenvalue weighted by atomic mass is 10.2. The van der Waals surface area contributed by atoms with Crippen molar-refractivity contribution < 1.29 is 4.39 Å². The van der Waals surface area contributed by atoms with Crippen LogP contribution >= 0.6 is 0 Å². The van der Waals surface area contributed by atoms with Crippen molar-refractivity contribution in [3.05, 3.63) is 29.8 Å². The van der Waals surface area contributed by atoms with E-state index in [9.17, 15) is 4.39 Å². The topological polar surface area (TPSA) is 43.6 Å². The van der Waals surface area contributed by atoms with Crippen molar-refractivity contribution in [2.75, 3.05) is 0 Å². The first kappa shape index (κ1) is 10.1. The second kappa shape index (κ2) is 3.48. The molecule has 5 heteroatoms. The molecule has 86 valence electrons. The fourth-order valence-electron chi connectivity index (χ4n) is 2.13. The lowest BCUT2D eigenvalue weighted by Crippen LogP contribution is -1.98. The molecule has 0 radical (unpaired) electrons. The average molecular weight is 230 g/mol. The molecule has 0 amide bonds. The number of rotatable bonds is 1. The zero-order chi connectivity index (χ0) is 12.0. The maximum Gasteiger partial charge on any atom is 0.163 e. The highest BCUT2D eigenvalue weighted by molar-refractivity contribution is 6.04. The minimum atomic E-state index is -0.268. The molecule has 3 aromatic rings. The number of hydrogen-bond donors (Lipinski definition) is 0. The van der Waals surface area contributed by atoms with Gasteiger partial charge in [0.15, 0.2) is 5.65 Å². The van der Waals surface area contributed by atoms with E-state index in [1.807, 2.05) is 11.5 Å². The standard InChI is InChI=1S/C12H11FN4/c1-3-17-10-5-4-8(13)6-9(10)11-12(17)14-7(2)15-16-11/h4-6H,3H2,1-2H3. The normalized spacial score (nSPS) is 11.5. The maximum atomic E-state index is 13.3. The molecule has 0 atom stereocenters. The molecule has 4 nitrogen and oxygen atoms in total. The summed E-state index contributed by atoms with van der Waals surface area (Å²) < 4.78 is 15.3. The van der Waals surface area contributed by atoms with Crippen LogP contribution in [-0.2, 0) is 6.54 Å². The molecule has 0 aliphatic rings. The quantitative estimate of drug-likeness (QED) is 0.645. The smallest absolute Gasteiger partial charge is 0.163 e. The van der Waals surface area contributed by atoms with Gasteiger partial charge in [0, 0.05) is 11.9 Å². The van der Waals surface area contributed by atoms with Crippen molar-refractivity contribution in [1.82, 2.24) is 19.7 Å². The van der Waals surface area contributed by atoms with Crippen LogP contribution in [0, 0.1) is 12.7 Å². The number of aryl methyl sites for hydroxylation is 2. The summed E-state index contributed by atoms with van der Waals surface area (Å²) in [6.45, 7) is 4.59. The molecule has 0 aliphatic heterocycles. The van der Waals surface area contributed by atoms with E-state index >= 15 is 0 Å². The summed E-state index contributed by atoms with van der Waals surface area (Å²) in [7, 11) is 0. The Labute approximate surface area is 97.1 Å². The van der Waals surface area contributed by atoms with Crippen LogP contribution in [0.4, 0.5) is 4.39 Å². The first-order chi connectivity index (χ1) is 8.20. The van der Waals surface area contributed by atoms with E-state index in [0.29, 0.717) is 11.3 Å². The molecule has 2 aromatic heterocycles. The highest BCUT2D eigenvalue weighted by atomic mass is 19.1. The summed E-state index contributed by atoms with van der Waals surface area (Å²) in [6, 6.07) is 4.69. The number of hydrogen-bond acceptors (Lipinski definition) is 3. The van der Waals surface area contributed by atoms with Crippen molar-refractivity contribution >= 4 is 22.1 Å². The third kappa shape index (κ3) is 1.39. The van der Waals surface area contributed by atoms with Crippen molar-refractivity contribution in [3.8, 4) is 0 Å². The van der Waals surface area contributed by atoms with E-state index in [0.717, 1.165) is 23.1 Å². The lowest BCUT2D eigenvalue weighted by molar-refractivity contribution is 0.629. The van der Waals surface area contributed by atoms with Gasteiger partial charge in [-0.1, -0.05) is 0 Å². The number of nitrogens with zero attached hydrogens (tertiary/aromatic N) is 4. The van der Waals surface area contributed by atoms with Gasteiger partial charge in [-0.3, -0.25) is 0 Å². The molecule has 0 fully saturated rings. The van der Waals surface area contributed by atoms with Gasteiger partial charge >= 0.3 is 0 Å². The van der Waals surface area contributed by atoms with Crippen LogP contribution in [-0.4, -0.2) is 19.7 Å². The summed E-state index contributed by atoms with van der Waals surface area (Å²) >= 11 is 0. The third-order valence-electron chi connectivity index (χ3n) is 2.85. The molecule has 17 heavy (non-hydrogen) atoms. The van der Waals surface area contributed by atoms with E-state index in [1.165, 1.54) is 12.1 Å². The Morgan fingerprint density at radius 2 is 2.12 bits per heavy atom. The Hall–Kier alpha value is -2.04. The number of fused-ring (bicyclic) bond motifs is 3. The first-order valence-electron chi connectivity index (χ1n) is 5.49. The maximum absolute atomic E-state index is 13.3. The molecule has 0 saturated carbocycles. The molecule has 0 bridgehead atoms. The fourth-order valence-corrected chi connectivity index (χ4v) is 2.13. The van der Waals surface area contributed by atoms with Gasteiger partial charge in [-0.25, -0.2) is 9.37 Å². The van der Waals surface area contributed by atoms with Crippen LogP contribution in [0.2, 0.25) is 0 Å². The monoisotopic (exact) mass is 230 g/mol. The number of halogens is 1. The van der Waals surface area contributed by atoms with E-state index in [1.54, 1.807) is 13.0 Å². The molecule has 0 unspecified atom stereocenters. The summed E-state index contributed by atoms with van der Waals surface area (Å²) in [5.74, 6) is 0.352. The van der Waals surface area contributed by atoms with E-state index < -0.39 is 0 Å². The molecular weight excluding hydrogens is 219 g/mol. The van der Waals surface area contributed by atoms with Gasteiger partial charge in [-0.15, -0.1) is 10.2 Å². The Kier molecular flexibility index (Phi) is 2.07. The largest absolute Gasteiger partial charge is 0.324 e. The molecule has 0 aliphatic carbocycles. The number of benzene rings is 1. The summed E-state index contributed by atoms with van der Waals surface area (Å²) in [5.41, 5.74) is 2.36. The first-order valence-corrected chi connectivity index (χ1v) is 5.49. The molecule has 0 saturated heterocycles. The molecule has 1 aromatic carbocycles. The van der Waals surface area contributed by atoms with Crippen LogP contribution in [0.15, 0.2) is 18.2 Å². The molecule has 2 heterocycles. The number of aromatic nitrogens is 4. The summed E-state index contributed by atoms with van der Waals surface area (Å²) in [4.78, 5) is 4.38. The van der Waals surface area contributed by atoms with Gasteiger partial charge in [-0.05, 0) is 32.0 Å². The second-order valence-corrected chi connectivity index (χ2v) is 3.94. The SMILES string of the molecule is CCn1c2ccc(F)cc2c2nnc(C)nc21. The van der Waals surface area contributed by atoms with Crippen LogP contribution < -0.4 is 0 Å². The van der Waals surface area contributed by atoms with Crippen LogP contribution in [0.5, 0.6) is 0 Å². The molecule has 0 spiro atoms. The van der Waals surface area contributed by atoms with Gasteiger partial charge in [0.1, 0.15) is 17.2 Å². The van der Waals surface area contributed by atoms with E-state index in [4.69, 9.17) is 0 Å². The highest BCUT2D eigenvalue weighted by Gasteiger charge is 2.13. The Morgan fingerprint density at radius 3 is 2.88 bits per heavy atom. The lowest BCUT2D eigenvalue weighted by Gasteiger charge is -2.01. The van der Waals surface area contributed by atoms with Crippen molar-refractivity contribution in [2.24, 2.45) is 0 Å². The summed E-state index contributed by atoms with van der Waals surface area (Å²) in [6.07, 6.45) is 0. The van der Waals surface area contributed by atoms with E-state index in [2.05, 4.69) is 15.2 Å². The Balaban J connectivity index is 2.56. The van der Waals surface area contributed by atoms with Crippen molar-refractivity contribution in [3.63, 3.8) is 0 Å². The zero-order valence-electron chi connectivity index (χ0n) is 9.61. The Bertz CT molecular complexity index is 717. The van der Waals surface area contributed by atoms with Gasteiger partial charge < -0.3 is 4.57 Å². The minimum absolute atomic E-state index is 0.268. The minimum Gasteiger partial charge on any atom is -0.324 e. The second-order valence-electron chi connectivity index (χ2n) is 3.94. The molecule has 3 rings (SSSR count). The fraction of sp³-hybridized carbons (Fsp3) is 0.250. The van der Waals surface area contributed by atoms with Crippen molar-refractivity contribution in [1.29, 1.82) is 0 Å². The van der Waals surface area contributed by atoms with Gasteiger partial charge in [0.05, 0.1) is 5.52 Å². The van der Waals surface area contributed by atoms with Gasteiger partial charge in [-0.2, -0.15) is 0 Å².